The van der Waals surface area contributed by atoms with E-state index in [-0.39, 0.29) is 0 Å². The first-order chi connectivity index (χ1) is 9.29. The number of benzene rings is 1. The minimum absolute atomic E-state index is 0.312. The lowest BCUT2D eigenvalue weighted by Gasteiger charge is -2.12. The van der Waals surface area contributed by atoms with Crippen LogP contribution in [0, 0.1) is 5.82 Å². The summed E-state index contributed by atoms with van der Waals surface area (Å²) in [5.74, 6) is -2.89. The van der Waals surface area contributed by atoms with Gasteiger partial charge in [0.15, 0.2) is 11.5 Å². The van der Waals surface area contributed by atoms with Crippen LogP contribution in [0.15, 0.2) is 30.5 Å². The summed E-state index contributed by atoms with van der Waals surface area (Å²) >= 11 is 0. The quantitative estimate of drug-likeness (QED) is 0.862. The van der Waals surface area contributed by atoms with Gasteiger partial charge in [0.05, 0.1) is 5.56 Å². The Labute approximate surface area is 109 Å². The Bertz CT molecular complexity index is 671. The first kappa shape index (κ1) is 13.9. The zero-order chi connectivity index (χ0) is 14.9. The van der Waals surface area contributed by atoms with E-state index in [1.807, 2.05) is 0 Å². The van der Waals surface area contributed by atoms with Crippen molar-refractivity contribution in [2.45, 2.75) is 6.18 Å². The van der Waals surface area contributed by atoms with Crippen LogP contribution in [-0.2, 0) is 6.18 Å². The maximum Gasteiger partial charge on any atom is 0.417 e. The summed E-state index contributed by atoms with van der Waals surface area (Å²) in [6.45, 7) is 0. The predicted octanol–water partition coefficient (Wildman–Crippen LogP) is 3.00. The van der Waals surface area contributed by atoms with Gasteiger partial charge in [-0.05, 0) is 24.3 Å². The highest BCUT2D eigenvalue weighted by molar-refractivity contribution is 5.85. The third-order valence-corrected chi connectivity index (χ3v) is 2.40. The van der Waals surface area contributed by atoms with Gasteiger partial charge < -0.3 is 5.11 Å². The number of carboxylic acids is 1. The molecule has 0 amide bonds. The number of alkyl halides is 3. The number of hydrogen-bond donors (Lipinski definition) is 1. The molecular weight excluding hydrogens is 280 g/mol. The van der Waals surface area contributed by atoms with Crippen LogP contribution in [-0.4, -0.2) is 21.0 Å². The van der Waals surface area contributed by atoms with Crippen LogP contribution in [0.1, 0.15) is 16.1 Å². The molecule has 104 valence electrons. The van der Waals surface area contributed by atoms with E-state index in [1.54, 1.807) is 0 Å². The molecule has 2 aromatic rings. The highest BCUT2D eigenvalue weighted by atomic mass is 19.4. The topological polar surface area (TPSA) is 63.1 Å². The third-order valence-electron chi connectivity index (χ3n) is 2.40. The molecule has 0 saturated carbocycles. The van der Waals surface area contributed by atoms with Gasteiger partial charge in [-0.25, -0.2) is 19.2 Å². The molecule has 1 heterocycles. The average Bonchev–Trinajstić information content (AvgIpc) is 2.37. The lowest BCUT2D eigenvalue weighted by molar-refractivity contribution is -0.137. The molecule has 1 aromatic carbocycles. The SMILES string of the molecule is O=C(O)c1ccnc(-c2ccc(F)cc2C(F)(F)F)n1. The van der Waals surface area contributed by atoms with Gasteiger partial charge in [-0.3, -0.25) is 0 Å². The molecule has 1 N–H and O–H groups in total. The van der Waals surface area contributed by atoms with Crippen LogP contribution in [0.5, 0.6) is 0 Å². The van der Waals surface area contributed by atoms with Gasteiger partial charge in [0.25, 0.3) is 0 Å². The van der Waals surface area contributed by atoms with Crippen molar-refractivity contribution in [3.05, 3.63) is 47.5 Å². The van der Waals surface area contributed by atoms with Crippen molar-refractivity contribution in [2.24, 2.45) is 0 Å². The van der Waals surface area contributed by atoms with E-state index in [2.05, 4.69) is 9.97 Å². The molecule has 0 aliphatic carbocycles. The predicted molar refractivity (Wildman–Crippen MR) is 59.4 cm³/mol. The van der Waals surface area contributed by atoms with E-state index < -0.39 is 40.6 Å². The maximum atomic E-state index is 13.0. The normalized spacial score (nSPS) is 11.4. The van der Waals surface area contributed by atoms with Crippen LogP contribution in [0.25, 0.3) is 11.4 Å². The van der Waals surface area contributed by atoms with Gasteiger partial charge in [0.1, 0.15) is 5.82 Å². The summed E-state index contributed by atoms with van der Waals surface area (Å²) in [5.41, 5.74) is -2.20. The van der Waals surface area contributed by atoms with Gasteiger partial charge in [-0.2, -0.15) is 13.2 Å². The van der Waals surface area contributed by atoms with Crippen molar-refractivity contribution in [3.63, 3.8) is 0 Å². The Kier molecular flexibility index (Phi) is 3.39. The van der Waals surface area contributed by atoms with Crippen LogP contribution < -0.4 is 0 Å². The average molecular weight is 286 g/mol. The lowest BCUT2D eigenvalue weighted by Crippen LogP contribution is -2.10. The second-order valence-electron chi connectivity index (χ2n) is 3.76. The first-order valence-electron chi connectivity index (χ1n) is 5.22. The molecule has 0 saturated heterocycles. The van der Waals surface area contributed by atoms with Crippen LogP contribution in [0.4, 0.5) is 17.6 Å². The molecular formula is C12H6F4N2O2. The number of carboxylic acid groups (broad SMARTS) is 1. The van der Waals surface area contributed by atoms with Gasteiger partial charge in [0, 0.05) is 11.8 Å². The number of halogens is 4. The molecule has 4 nitrogen and oxygen atoms in total. The number of aromatic carboxylic acids is 1. The van der Waals surface area contributed by atoms with Crippen LogP contribution in [0.3, 0.4) is 0 Å². The summed E-state index contributed by atoms with van der Waals surface area (Å²) in [6.07, 6.45) is -3.78. The number of hydrogen-bond acceptors (Lipinski definition) is 3. The monoisotopic (exact) mass is 286 g/mol. The Morgan fingerprint density at radius 1 is 1.20 bits per heavy atom. The second-order valence-corrected chi connectivity index (χ2v) is 3.76. The minimum atomic E-state index is -4.81. The standard InChI is InChI=1S/C12H6F4N2O2/c13-6-1-2-7(8(5-6)12(14,15)16)10-17-4-3-9(18-10)11(19)20/h1-5H,(H,19,20). The van der Waals surface area contributed by atoms with E-state index in [0.717, 1.165) is 24.4 Å². The van der Waals surface area contributed by atoms with Crippen molar-refractivity contribution >= 4 is 5.97 Å². The van der Waals surface area contributed by atoms with Crippen molar-refractivity contribution in [3.8, 4) is 11.4 Å². The fraction of sp³-hybridized carbons (Fsp3) is 0.0833. The fourth-order valence-electron chi connectivity index (χ4n) is 1.55. The first-order valence-corrected chi connectivity index (χ1v) is 5.22. The lowest BCUT2D eigenvalue weighted by atomic mass is 10.1. The van der Waals surface area contributed by atoms with Gasteiger partial charge in [0.2, 0.25) is 0 Å². The molecule has 8 heteroatoms. The second kappa shape index (κ2) is 4.87. The van der Waals surface area contributed by atoms with Crippen molar-refractivity contribution in [2.75, 3.05) is 0 Å². The highest BCUT2D eigenvalue weighted by Crippen LogP contribution is 2.36. The number of aromatic nitrogens is 2. The van der Waals surface area contributed by atoms with Gasteiger partial charge >= 0.3 is 12.1 Å². The zero-order valence-electron chi connectivity index (χ0n) is 9.65. The van der Waals surface area contributed by atoms with Gasteiger partial charge in [-0.15, -0.1) is 0 Å². The largest absolute Gasteiger partial charge is 0.477 e. The van der Waals surface area contributed by atoms with E-state index in [4.69, 9.17) is 5.11 Å². The summed E-state index contributed by atoms with van der Waals surface area (Å²) in [7, 11) is 0. The molecule has 0 bridgehead atoms. The molecule has 0 aliphatic heterocycles. The number of rotatable bonds is 2. The molecule has 0 spiro atoms. The summed E-state index contributed by atoms with van der Waals surface area (Å²) in [4.78, 5) is 17.9. The Balaban J connectivity index is 2.64. The molecule has 0 atom stereocenters. The number of nitrogens with zero attached hydrogens (tertiary/aromatic N) is 2. The molecule has 0 aliphatic rings. The van der Waals surface area contributed by atoms with E-state index in [9.17, 15) is 22.4 Å². The molecule has 0 unspecified atom stereocenters. The smallest absolute Gasteiger partial charge is 0.417 e. The van der Waals surface area contributed by atoms with Crippen LogP contribution in [0.2, 0.25) is 0 Å². The van der Waals surface area contributed by atoms with E-state index in [0.29, 0.717) is 6.07 Å². The van der Waals surface area contributed by atoms with Crippen molar-refractivity contribution < 1.29 is 27.5 Å². The molecule has 20 heavy (non-hydrogen) atoms. The van der Waals surface area contributed by atoms with Crippen molar-refractivity contribution in [1.29, 1.82) is 0 Å². The molecule has 1 aromatic heterocycles. The maximum absolute atomic E-state index is 13.0. The minimum Gasteiger partial charge on any atom is -0.477 e. The van der Waals surface area contributed by atoms with Crippen LogP contribution >= 0.6 is 0 Å². The molecule has 2 rings (SSSR count). The fourth-order valence-corrected chi connectivity index (χ4v) is 1.55. The molecule has 0 radical (unpaired) electrons. The van der Waals surface area contributed by atoms with Gasteiger partial charge in [-0.1, -0.05) is 0 Å². The number of carbonyl (C=O) groups is 1. The van der Waals surface area contributed by atoms with E-state index >= 15 is 0 Å². The Morgan fingerprint density at radius 3 is 2.50 bits per heavy atom. The summed E-state index contributed by atoms with van der Waals surface area (Å²) < 4.78 is 51.5. The summed E-state index contributed by atoms with van der Waals surface area (Å²) in [6, 6.07) is 3.04. The van der Waals surface area contributed by atoms with E-state index in [1.165, 1.54) is 0 Å². The zero-order valence-corrected chi connectivity index (χ0v) is 9.65. The Morgan fingerprint density at radius 2 is 1.90 bits per heavy atom. The molecule has 0 fully saturated rings. The third kappa shape index (κ3) is 2.73. The van der Waals surface area contributed by atoms with Crippen molar-refractivity contribution in [1.82, 2.24) is 9.97 Å². The Hall–Kier alpha value is -2.51. The highest BCUT2D eigenvalue weighted by Gasteiger charge is 2.35. The summed E-state index contributed by atoms with van der Waals surface area (Å²) in [5, 5.41) is 8.76.